The van der Waals surface area contributed by atoms with Crippen molar-refractivity contribution in [1.29, 1.82) is 0 Å². The molecule has 0 radical (unpaired) electrons. The van der Waals surface area contributed by atoms with Crippen molar-refractivity contribution in [3.63, 3.8) is 0 Å². The fourth-order valence-corrected chi connectivity index (χ4v) is 0.369. The van der Waals surface area contributed by atoms with E-state index in [4.69, 9.17) is 0 Å². The molecule has 3 nitrogen and oxygen atoms in total. The predicted molar refractivity (Wildman–Crippen MR) is 37.2 cm³/mol. The number of nitrogens with one attached hydrogen (secondary N) is 1. The van der Waals surface area contributed by atoms with Crippen LogP contribution in [0.3, 0.4) is 0 Å². The Morgan fingerprint density at radius 3 is 2.56 bits per heavy atom. The van der Waals surface area contributed by atoms with E-state index in [1.54, 1.807) is 7.05 Å². The summed E-state index contributed by atoms with van der Waals surface area (Å²) in [6.07, 6.45) is 1.32. The van der Waals surface area contributed by atoms with Crippen molar-refractivity contribution in [1.82, 2.24) is 5.48 Å². The molecule has 0 aromatic rings. The predicted octanol–water partition coefficient (Wildman–Crippen LogP) is -0.184. The van der Waals surface area contributed by atoms with Crippen LogP contribution in [0.25, 0.3) is 0 Å². The zero-order chi connectivity index (χ0) is 6.41. The van der Waals surface area contributed by atoms with E-state index in [0.29, 0.717) is 6.42 Å². The van der Waals surface area contributed by atoms with Crippen LogP contribution in [0.2, 0.25) is 0 Å². The number of hydrogen-bond acceptors (Lipinski definition) is 3. The molecule has 0 aromatic carbocycles. The zero-order valence-electron chi connectivity index (χ0n) is 5.23. The summed E-state index contributed by atoms with van der Waals surface area (Å²) < 4.78 is 0. The first-order valence-electron chi connectivity index (χ1n) is 2.67. The van der Waals surface area contributed by atoms with Crippen LogP contribution in [0, 0.1) is 0 Å². The zero-order valence-corrected chi connectivity index (χ0v) is 5.23. The third kappa shape index (κ3) is 8.43. The van der Waals surface area contributed by atoms with Gasteiger partial charge in [-0.15, -0.1) is 0 Å². The van der Waals surface area contributed by atoms with E-state index >= 15 is 0 Å². The van der Waals surface area contributed by atoms with E-state index < -0.39 is 0 Å². The topological polar surface area (TPSA) is 38.3 Å². The van der Waals surface area contributed by atoms with Crippen molar-refractivity contribution in [2.45, 2.75) is 19.8 Å². The third-order valence-electron chi connectivity index (χ3n) is 0.670. The molecule has 4 heteroatoms. The van der Waals surface area contributed by atoms with Crippen molar-refractivity contribution in [2.75, 3.05) is 7.05 Å². The summed E-state index contributed by atoms with van der Waals surface area (Å²) >= 11 is 0. The van der Waals surface area contributed by atoms with E-state index in [9.17, 15) is 4.79 Å². The standard InChI is InChI=1S/C5H11NO2.Na.H/c1-3-4-5(7)8-6-2;;/h6H,3-4H2,1-2H3;;. The van der Waals surface area contributed by atoms with Crippen LogP contribution in [0.4, 0.5) is 0 Å². The molecular formula is C5H12NNaO2. The Bertz CT molecular complexity index is 69.4. The molecule has 0 fully saturated rings. The minimum atomic E-state index is -0.199. The molecule has 0 saturated carbocycles. The molecular weight excluding hydrogens is 129 g/mol. The molecule has 0 bridgehead atoms. The molecule has 0 atom stereocenters. The Labute approximate surface area is 77.4 Å². The Kier molecular flexibility index (Phi) is 11.4. The van der Waals surface area contributed by atoms with Crippen molar-refractivity contribution in [3.05, 3.63) is 0 Å². The first kappa shape index (κ1) is 12.1. The van der Waals surface area contributed by atoms with Gasteiger partial charge in [0.1, 0.15) is 0 Å². The first-order chi connectivity index (χ1) is 3.81. The number of carbonyl (C=O) groups is 1. The van der Waals surface area contributed by atoms with Gasteiger partial charge in [-0.3, -0.25) is 4.79 Å². The molecule has 0 heterocycles. The molecule has 0 aliphatic carbocycles. The van der Waals surface area contributed by atoms with Gasteiger partial charge >= 0.3 is 35.5 Å². The van der Waals surface area contributed by atoms with E-state index in [2.05, 4.69) is 10.3 Å². The summed E-state index contributed by atoms with van der Waals surface area (Å²) in [4.78, 5) is 14.8. The quantitative estimate of drug-likeness (QED) is 0.437. The fourth-order valence-electron chi connectivity index (χ4n) is 0.369. The summed E-state index contributed by atoms with van der Waals surface area (Å²) in [5, 5.41) is 0. The maximum atomic E-state index is 10.4. The number of rotatable bonds is 3. The molecule has 0 rings (SSSR count). The second kappa shape index (κ2) is 8.43. The van der Waals surface area contributed by atoms with Crippen molar-refractivity contribution < 1.29 is 9.63 Å². The average molecular weight is 141 g/mol. The molecule has 0 aliphatic rings. The molecule has 9 heavy (non-hydrogen) atoms. The van der Waals surface area contributed by atoms with Gasteiger partial charge in [-0.2, -0.15) is 5.48 Å². The Morgan fingerprint density at radius 1 is 1.67 bits per heavy atom. The molecule has 0 aromatic heterocycles. The van der Waals surface area contributed by atoms with E-state index in [1.807, 2.05) is 6.92 Å². The van der Waals surface area contributed by atoms with Gasteiger partial charge in [-0.1, -0.05) is 6.92 Å². The van der Waals surface area contributed by atoms with Crippen LogP contribution < -0.4 is 5.48 Å². The summed E-state index contributed by atoms with van der Waals surface area (Å²) in [6, 6.07) is 0. The van der Waals surface area contributed by atoms with Crippen LogP contribution in [0.1, 0.15) is 19.8 Å². The van der Waals surface area contributed by atoms with Crippen LogP contribution in [-0.4, -0.2) is 42.6 Å². The Hall–Kier alpha value is 0.430. The van der Waals surface area contributed by atoms with Gasteiger partial charge in [0, 0.05) is 13.5 Å². The van der Waals surface area contributed by atoms with Crippen molar-refractivity contribution in [3.8, 4) is 0 Å². The molecule has 0 unspecified atom stereocenters. The van der Waals surface area contributed by atoms with Gasteiger partial charge in [0.15, 0.2) is 0 Å². The van der Waals surface area contributed by atoms with Gasteiger partial charge < -0.3 is 4.84 Å². The minimum absolute atomic E-state index is 0. The van der Waals surface area contributed by atoms with Crippen LogP contribution in [0.15, 0.2) is 0 Å². The van der Waals surface area contributed by atoms with E-state index in [0.717, 1.165) is 6.42 Å². The Morgan fingerprint density at radius 2 is 2.22 bits per heavy atom. The third-order valence-corrected chi connectivity index (χ3v) is 0.670. The number of hydrogen-bond donors (Lipinski definition) is 1. The maximum absolute atomic E-state index is 10.4. The second-order valence-corrected chi connectivity index (χ2v) is 1.43. The van der Waals surface area contributed by atoms with Gasteiger partial charge in [0.25, 0.3) is 0 Å². The second-order valence-electron chi connectivity index (χ2n) is 1.43. The molecule has 0 spiro atoms. The SMILES string of the molecule is CCCC(=O)ONC.[NaH]. The van der Waals surface area contributed by atoms with Gasteiger partial charge in [-0.25, -0.2) is 0 Å². The Balaban J connectivity index is 0. The van der Waals surface area contributed by atoms with Crippen molar-refractivity contribution in [2.24, 2.45) is 0 Å². The van der Waals surface area contributed by atoms with Gasteiger partial charge in [0.2, 0.25) is 0 Å². The molecule has 0 aliphatic heterocycles. The monoisotopic (exact) mass is 141 g/mol. The number of hydroxylamine groups is 1. The molecule has 0 saturated heterocycles. The fraction of sp³-hybridized carbons (Fsp3) is 0.800. The summed E-state index contributed by atoms with van der Waals surface area (Å²) in [7, 11) is 1.56. The van der Waals surface area contributed by atoms with E-state index in [-0.39, 0.29) is 35.5 Å². The molecule has 1 N–H and O–H groups in total. The van der Waals surface area contributed by atoms with Gasteiger partial charge in [0.05, 0.1) is 0 Å². The normalized spacial score (nSPS) is 7.78. The van der Waals surface area contributed by atoms with Crippen LogP contribution >= 0.6 is 0 Å². The van der Waals surface area contributed by atoms with Crippen molar-refractivity contribution >= 4 is 35.5 Å². The van der Waals surface area contributed by atoms with Crippen LogP contribution in [-0.2, 0) is 9.63 Å². The van der Waals surface area contributed by atoms with Gasteiger partial charge in [-0.05, 0) is 6.42 Å². The number of carbonyl (C=O) groups excluding carboxylic acids is 1. The first-order valence-corrected chi connectivity index (χ1v) is 2.67. The summed E-state index contributed by atoms with van der Waals surface area (Å²) in [6.45, 7) is 1.93. The average Bonchev–Trinajstić information content (AvgIpc) is 1.68. The molecule has 0 amide bonds. The van der Waals surface area contributed by atoms with Crippen LogP contribution in [0.5, 0.6) is 0 Å². The summed E-state index contributed by atoms with van der Waals surface area (Å²) in [5.41, 5.74) is 2.30. The summed E-state index contributed by atoms with van der Waals surface area (Å²) in [5.74, 6) is -0.199. The van der Waals surface area contributed by atoms with E-state index in [1.165, 1.54) is 0 Å². The molecule has 50 valence electrons.